The molecule has 0 spiro atoms. The summed E-state index contributed by atoms with van der Waals surface area (Å²) in [5.41, 5.74) is 1.57. The van der Waals surface area contributed by atoms with Gasteiger partial charge in [0, 0.05) is 10.4 Å². The number of hydrogen-bond acceptors (Lipinski definition) is 7. The Hall–Kier alpha value is -3.00. The first kappa shape index (κ1) is 17.8. The molecule has 1 aromatic carbocycles. The van der Waals surface area contributed by atoms with E-state index in [1.165, 1.54) is 18.4 Å². The molecule has 2 heterocycles. The van der Waals surface area contributed by atoms with E-state index in [1.807, 2.05) is 37.3 Å². The fraction of sp³-hybridized carbons (Fsp3) is 0.222. The first-order valence-electron chi connectivity index (χ1n) is 7.85. The van der Waals surface area contributed by atoms with Crippen LogP contribution in [0.5, 0.6) is 0 Å². The van der Waals surface area contributed by atoms with Crippen molar-refractivity contribution in [1.82, 2.24) is 9.97 Å². The number of hydrogen-bond donors (Lipinski definition) is 1. The lowest BCUT2D eigenvalue weighted by Crippen LogP contribution is -2.13. The summed E-state index contributed by atoms with van der Waals surface area (Å²) in [6, 6.07) is 9.35. The fourth-order valence-corrected chi connectivity index (χ4v) is 3.15. The van der Waals surface area contributed by atoms with Gasteiger partial charge in [0.2, 0.25) is 5.89 Å². The Morgan fingerprint density at radius 3 is 2.62 bits per heavy atom. The predicted molar refractivity (Wildman–Crippen MR) is 97.2 cm³/mol. The summed E-state index contributed by atoms with van der Waals surface area (Å²) in [4.78, 5) is 33.3. The Morgan fingerprint density at radius 2 is 1.92 bits per heavy atom. The van der Waals surface area contributed by atoms with Gasteiger partial charge in [0.15, 0.2) is 10.8 Å². The second kappa shape index (κ2) is 7.49. The molecule has 0 aliphatic heterocycles. The summed E-state index contributed by atoms with van der Waals surface area (Å²) in [7, 11) is 1.32. The molecule has 0 aliphatic carbocycles. The van der Waals surface area contributed by atoms with Crippen LogP contribution in [-0.2, 0) is 16.0 Å². The number of benzene rings is 1. The van der Waals surface area contributed by atoms with Crippen molar-refractivity contribution in [2.24, 2.45) is 0 Å². The SMILES string of the molecule is COC(=O)Cc1nc(NC(=O)c2nc(-c3ccccc3)oc2C)sc1C. The van der Waals surface area contributed by atoms with Gasteiger partial charge in [-0.25, -0.2) is 9.97 Å². The number of carbonyl (C=O) groups is 2. The second-order valence-corrected chi connectivity index (χ2v) is 6.72. The van der Waals surface area contributed by atoms with E-state index in [9.17, 15) is 9.59 Å². The van der Waals surface area contributed by atoms with Gasteiger partial charge >= 0.3 is 5.97 Å². The van der Waals surface area contributed by atoms with Gasteiger partial charge in [0.1, 0.15) is 5.76 Å². The molecule has 134 valence electrons. The zero-order chi connectivity index (χ0) is 18.7. The number of nitrogens with one attached hydrogen (secondary N) is 1. The van der Waals surface area contributed by atoms with Crippen molar-refractivity contribution < 1.29 is 18.7 Å². The molecule has 2 aromatic heterocycles. The second-order valence-electron chi connectivity index (χ2n) is 5.52. The third-order valence-corrected chi connectivity index (χ3v) is 4.61. The zero-order valence-electron chi connectivity index (χ0n) is 14.5. The highest BCUT2D eigenvalue weighted by Crippen LogP contribution is 2.25. The van der Waals surface area contributed by atoms with Crippen LogP contribution in [0.2, 0.25) is 0 Å². The average Bonchev–Trinajstić information content (AvgIpc) is 3.18. The maximum Gasteiger partial charge on any atom is 0.311 e. The Balaban J connectivity index is 1.78. The van der Waals surface area contributed by atoms with Gasteiger partial charge in [-0.3, -0.25) is 14.9 Å². The van der Waals surface area contributed by atoms with Gasteiger partial charge in [-0.1, -0.05) is 18.2 Å². The highest BCUT2D eigenvalue weighted by atomic mass is 32.1. The van der Waals surface area contributed by atoms with Crippen molar-refractivity contribution in [3.05, 3.63) is 52.4 Å². The third-order valence-electron chi connectivity index (χ3n) is 3.68. The predicted octanol–water partition coefficient (Wildman–Crippen LogP) is 3.38. The van der Waals surface area contributed by atoms with Crippen LogP contribution in [0, 0.1) is 13.8 Å². The van der Waals surface area contributed by atoms with E-state index in [0.717, 1.165) is 10.4 Å². The number of rotatable bonds is 5. The summed E-state index contributed by atoms with van der Waals surface area (Å²) in [6.45, 7) is 3.52. The van der Waals surface area contributed by atoms with Crippen LogP contribution in [-0.4, -0.2) is 29.0 Å². The summed E-state index contributed by atoms with van der Waals surface area (Å²) < 4.78 is 10.3. The number of anilines is 1. The van der Waals surface area contributed by atoms with Crippen molar-refractivity contribution in [3.63, 3.8) is 0 Å². The Bertz CT molecular complexity index is 947. The summed E-state index contributed by atoms with van der Waals surface area (Å²) in [6.07, 6.45) is 0.0653. The highest BCUT2D eigenvalue weighted by Gasteiger charge is 2.20. The molecule has 0 unspecified atom stereocenters. The lowest BCUT2D eigenvalue weighted by Gasteiger charge is -1.98. The molecule has 0 saturated carbocycles. The lowest BCUT2D eigenvalue weighted by molar-refractivity contribution is -0.139. The lowest BCUT2D eigenvalue weighted by atomic mass is 10.2. The van der Waals surface area contributed by atoms with Crippen LogP contribution in [0.1, 0.15) is 26.8 Å². The summed E-state index contributed by atoms with van der Waals surface area (Å²) in [5.74, 6) is 0.0160. The van der Waals surface area contributed by atoms with E-state index in [1.54, 1.807) is 6.92 Å². The van der Waals surface area contributed by atoms with Crippen LogP contribution < -0.4 is 5.32 Å². The molecule has 0 aliphatic rings. The number of aryl methyl sites for hydroxylation is 2. The minimum absolute atomic E-state index is 0.0653. The molecule has 1 N–H and O–H groups in total. The number of methoxy groups -OCH3 is 1. The van der Waals surface area contributed by atoms with Gasteiger partial charge in [-0.2, -0.15) is 0 Å². The summed E-state index contributed by atoms with van der Waals surface area (Å²) in [5, 5.41) is 3.11. The average molecular weight is 371 g/mol. The molecule has 7 nitrogen and oxygen atoms in total. The number of oxazole rings is 1. The first-order chi connectivity index (χ1) is 12.5. The molecule has 0 fully saturated rings. The smallest absolute Gasteiger partial charge is 0.311 e. The maximum absolute atomic E-state index is 12.5. The van der Waals surface area contributed by atoms with Gasteiger partial charge in [-0.15, -0.1) is 11.3 Å². The largest absolute Gasteiger partial charge is 0.469 e. The molecular weight excluding hydrogens is 354 g/mol. The van der Waals surface area contributed by atoms with E-state index in [-0.39, 0.29) is 18.1 Å². The highest BCUT2D eigenvalue weighted by molar-refractivity contribution is 7.15. The van der Waals surface area contributed by atoms with Crippen LogP contribution in [0.3, 0.4) is 0 Å². The van der Waals surface area contributed by atoms with E-state index >= 15 is 0 Å². The van der Waals surface area contributed by atoms with Crippen molar-refractivity contribution >= 4 is 28.3 Å². The number of amides is 1. The number of nitrogens with zero attached hydrogens (tertiary/aromatic N) is 2. The van der Waals surface area contributed by atoms with Crippen molar-refractivity contribution in [3.8, 4) is 11.5 Å². The van der Waals surface area contributed by atoms with Crippen LogP contribution in [0.4, 0.5) is 5.13 Å². The van der Waals surface area contributed by atoms with Gasteiger partial charge in [0.05, 0.1) is 19.2 Å². The molecule has 0 bridgehead atoms. The molecule has 1 amide bonds. The molecule has 3 aromatic rings. The first-order valence-corrected chi connectivity index (χ1v) is 8.67. The van der Waals surface area contributed by atoms with Crippen molar-refractivity contribution in [2.45, 2.75) is 20.3 Å². The Labute approximate surface area is 154 Å². The van der Waals surface area contributed by atoms with E-state index in [4.69, 9.17) is 4.42 Å². The standard InChI is InChI=1S/C18H17N3O4S/c1-10-15(20-17(25-10)12-7-5-4-6-8-12)16(23)21-18-19-13(11(2)26-18)9-14(22)24-3/h4-8H,9H2,1-3H3,(H,19,21,23). The third kappa shape index (κ3) is 3.80. The number of carbonyl (C=O) groups excluding carboxylic acids is 2. The maximum atomic E-state index is 12.5. The van der Waals surface area contributed by atoms with Crippen LogP contribution >= 0.6 is 11.3 Å². The number of aromatic nitrogens is 2. The molecular formula is C18H17N3O4S. The molecule has 0 radical (unpaired) electrons. The van der Waals surface area contributed by atoms with Gasteiger partial charge < -0.3 is 9.15 Å². The van der Waals surface area contributed by atoms with E-state index in [0.29, 0.717) is 22.5 Å². The van der Waals surface area contributed by atoms with E-state index < -0.39 is 5.91 Å². The molecule has 0 atom stereocenters. The molecule has 26 heavy (non-hydrogen) atoms. The fourth-order valence-electron chi connectivity index (χ4n) is 2.32. The molecule has 8 heteroatoms. The Kier molecular flexibility index (Phi) is 5.13. The number of thiazole rings is 1. The zero-order valence-corrected chi connectivity index (χ0v) is 15.3. The Morgan fingerprint density at radius 1 is 1.19 bits per heavy atom. The van der Waals surface area contributed by atoms with Crippen LogP contribution in [0.15, 0.2) is 34.7 Å². The minimum atomic E-state index is -0.410. The van der Waals surface area contributed by atoms with Crippen LogP contribution in [0.25, 0.3) is 11.5 Å². The van der Waals surface area contributed by atoms with Gasteiger partial charge in [0.25, 0.3) is 5.91 Å². The minimum Gasteiger partial charge on any atom is -0.469 e. The monoisotopic (exact) mass is 371 g/mol. The molecule has 3 rings (SSSR count). The molecule has 0 saturated heterocycles. The quantitative estimate of drug-likeness (QED) is 0.691. The number of ether oxygens (including phenoxy) is 1. The van der Waals surface area contributed by atoms with Crippen molar-refractivity contribution in [1.29, 1.82) is 0 Å². The number of esters is 1. The topological polar surface area (TPSA) is 94.3 Å². The van der Waals surface area contributed by atoms with Crippen molar-refractivity contribution in [2.75, 3.05) is 12.4 Å². The summed E-state index contributed by atoms with van der Waals surface area (Å²) >= 11 is 1.29. The van der Waals surface area contributed by atoms with E-state index in [2.05, 4.69) is 20.0 Å². The van der Waals surface area contributed by atoms with Gasteiger partial charge in [-0.05, 0) is 26.0 Å². The normalized spacial score (nSPS) is 10.6.